The molecule has 0 unspecified atom stereocenters. The number of nitrogens with zero attached hydrogens (tertiary/aromatic N) is 2. The molecule has 2 rings (SSSR count). The minimum absolute atomic E-state index is 0.155. The van der Waals surface area contributed by atoms with E-state index in [9.17, 15) is 4.79 Å². The Kier molecular flexibility index (Phi) is 4.71. The van der Waals surface area contributed by atoms with Gasteiger partial charge in [0.15, 0.2) is 11.5 Å². The molecule has 0 radical (unpaired) electrons. The normalized spacial score (nSPS) is 10.0. The van der Waals surface area contributed by atoms with Gasteiger partial charge in [-0.3, -0.25) is 4.79 Å². The van der Waals surface area contributed by atoms with Gasteiger partial charge in [0.2, 0.25) is 11.8 Å². The lowest BCUT2D eigenvalue weighted by Crippen LogP contribution is -2.10. The maximum atomic E-state index is 12.3. The van der Waals surface area contributed by atoms with Gasteiger partial charge >= 0.3 is 0 Å². The molecule has 6 heteroatoms. The van der Waals surface area contributed by atoms with E-state index in [1.54, 1.807) is 13.2 Å². The van der Waals surface area contributed by atoms with Crippen LogP contribution in [-0.4, -0.2) is 37.1 Å². The Balaban J connectivity index is 2.23. The first kappa shape index (κ1) is 14.8. The number of hydrogen-bond donors (Lipinski definition) is 0. The van der Waals surface area contributed by atoms with Crippen LogP contribution < -0.4 is 14.2 Å². The average molecular weight is 288 g/mol. The number of hydrogen-bond acceptors (Lipinski definition) is 6. The van der Waals surface area contributed by atoms with Crippen molar-refractivity contribution in [1.29, 1.82) is 0 Å². The summed E-state index contributed by atoms with van der Waals surface area (Å²) in [6.07, 6.45) is 1.58. The summed E-state index contributed by atoms with van der Waals surface area (Å²) in [7, 11) is 4.49. The van der Waals surface area contributed by atoms with Gasteiger partial charge in [-0.2, -0.15) is 4.98 Å². The molecule has 0 saturated heterocycles. The van der Waals surface area contributed by atoms with Crippen LogP contribution in [0.15, 0.2) is 30.5 Å². The average Bonchev–Trinajstić information content (AvgIpc) is 2.54. The maximum Gasteiger partial charge on any atom is 0.246 e. The van der Waals surface area contributed by atoms with Crippen LogP contribution in [0.1, 0.15) is 16.1 Å². The predicted molar refractivity (Wildman–Crippen MR) is 76.2 cm³/mol. The number of rotatable bonds is 6. The fourth-order valence-electron chi connectivity index (χ4n) is 1.84. The molecule has 0 spiro atoms. The van der Waals surface area contributed by atoms with Crippen LogP contribution in [0.5, 0.6) is 17.5 Å². The first-order valence-electron chi connectivity index (χ1n) is 6.29. The Morgan fingerprint density at radius 2 is 1.95 bits per heavy atom. The zero-order valence-corrected chi connectivity index (χ0v) is 12.1. The van der Waals surface area contributed by atoms with Crippen molar-refractivity contribution >= 4 is 5.78 Å². The molecule has 1 aromatic heterocycles. The molecule has 0 amide bonds. The number of ether oxygens (including phenoxy) is 3. The van der Waals surface area contributed by atoms with E-state index in [0.29, 0.717) is 11.6 Å². The third-order valence-corrected chi connectivity index (χ3v) is 2.88. The van der Waals surface area contributed by atoms with Crippen molar-refractivity contribution in [1.82, 2.24) is 9.97 Å². The van der Waals surface area contributed by atoms with E-state index in [0.717, 1.165) is 5.56 Å². The molecule has 0 aliphatic heterocycles. The Morgan fingerprint density at radius 1 is 1.14 bits per heavy atom. The fourth-order valence-corrected chi connectivity index (χ4v) is 1.84. The van der Waals surface area contributed by atoms with Crippen LogP contribution in [0.3, 0.4) is 0 Å². The standard InChI is InChI=1S/C15H16N2O4/c1-19-11-6-4-5-10(7-11)8-12(18)14-15(21-3)17-13(20-2)9-16-14/h4-7,9H,8H2,1-3H3. The Morgan fingerprint density at radius 3 is 2.62 bits per heavy atom. The SMILES string of the molecule is COc1cccc(CC(=O)c2ncc(OC)nc2OC)c1. The second kappa shape index (κ2) is 6.69. The van der Waals surface area contributed by atoms with Gasteiger partial charge in [-0.05, 0) is 17.7 Å². The van der Waals surface area contributed by atoms with Gasteiger partial charge < -0.3 is 14.2 Å². The molecule has 0 N–H and O–H groups in total. The van der Waals surface area contributed by atoms with E-state index in [4.69, 9.17) is 14.2 Å². The van der Waals surface area contributed by atoms with Crippen LogP contribution in [0.4, 0.5) is 0 Å². The molecule has 0 bridgehead atoms. The highest BCUT2D eigenvalue weighted by Gasteiger charge is 2.17. The summed E-state index contributed by atoms with van der Waals surface area (Å²) in [5, 5.41) is 0. The van der Waals surface area contributed by atoms with Crippen molar-refractivity contribution in [3.8, 4) is 17.5 Å². The topological polar surface area (TPSA) is 70.5 Å². The lowest BCUT2D eigenvalue weighted by atomic mass is 10.1. The first-order chi connectivity index (χ1) is 10.2. The summed E-state index contributed by atoms with van der Waals surface area (Å²) in [6.45, 7) is 0. The fraction of sp³-hybridized carbons (Fsp3) is 0.267. The Hall–Kier alpha value is -2.63. The molecule has 0 atom stereocenters. The van der Waals surface area contributed by atoms with E-state index in [-0.39, 0.29) is 23.8 Å². The summed E-state index contributed by atoms with van der Waals surface area (Å²) in [4.78, 5) is 20.4. The molecule has 1 heterocycles. The highest BCUT2D eigenvalue weighted by atomic mass is 16.5. The molecule has 21 heavy (non-hydrogen) atoms. The van der Waals surface area contributed by atoms with Crippen molar-refractivity contribution in [2.24, 2.45) is 0 Å². The van der Waals surface area contributed by atoms with Gasteiger partial charge in [0, 0.05) is 6.42 Å². The van der Waals surface area contributed by atoms with Crippen molar-refractivity contribution in [2.75, 3.05) is 21.3 Å². The van der Waals surface area contributed by atoms with Gasteiger partial charge in [-0.15, -0.1) is 0 Å². The smallest absolute Gasteiger partial charge is 0.246 e. The first-order valence-corrected chi connectivity index (χ1v) is 6.29. The summed E-state index contributed by atoms with van der Waals surface area (Å²) in [6, 6.07) is 7.31. The molecular weight excluding hydrogens is 272 g/mol. The third kappa shape index (κ3) is 3.47. The molecule has 0 aliphatic rings. The Bertz CT molecular complexity index is 643. The van der Waals surface area contributed by atoms with Gasteiger partial charge in [0.25, 0.3) is 0 Å². The lowest BCUT2D eigenvalue weighted by molar-refractivity contribution is 0.0984. The number of benzene rings is 1. The lowest BCUT2D eigenvalue weighted by Gasteiger charge is -2.08. The number of carbonyl (C=O) groups is 1. The van der Waals surface area contributed by atoms with Crippen LogP contribution in [0.25, 0.3) is 0 Å². The molecule has 2 aromatic rings. The quantitative estimate of drug-likeness (QED) is 0.756. The van der Waals surface area contributed by atoms with Gasteiger partial charge in [-0.1, -0.05) is 12.1 Å². The van der Waals surface area contributed by atoms with Gasteiger partial charge in [-0.25, -0.2) is 4.98 Å². The number of aromatic nitrogens is 2. The Labute approximate surface area is 122 Å². The molecule has 1 aromatic carbocycles. The number of Topliss-reactive ketones (excluding diaryl/α,β-unsaturated/α-hetero) is 1. The van der Waals surface area contributed by atoms with Crippen LogP contribution in [0.2, 0.25) is 0 Å². The monoisotopic (exact) mass is 288 g/mol. The second-order valence-electron chi connectivity index (χ2n) is 4.22. The predicted octanol–water partition coefficient (Wildman–Crippen LogP) is 1.93. The molecule has 0 saturated carbocycles. The molecule has 0 fully saturated rings. The molecule has 6 nitrogen and oxygen atoms in total. The second-order valence-corrected chi connectivity index (χ2v) is 4.22. The minimum Gasteiger partial charge on any atom is -0.497 e. The van der Waals surface area contributed by atoms with E-state index in [2.05, 4.69) is 9.97 Å². The van der Waals surface area contributed by atoms with Crippen LogP contribution in [0, 0.1) is 0 Å². The summed E-state index contributed by atoms with van der Waals surface area (Å²) < 4.78 is 15.2. The van der Waals surface area contributed by atoms with Gasteiger partial charge in [0.1, 0.15) is 5.75 Å². The number of carbonyl (C=O) groups excluding carboxylic acids is 1. The maximum absolute atomic E-state index is 12.3. The minimum atomic E-state index is -0.185. The summed E-state index contributed by atoms with van der Waals surface area (Å²) in [5.41, 5.74) is 1.01. The number of ketones is 1. The molecule has 0 aliphatic carbocycles. The van der Waals surface area contributed by atoms with Crippen LogP contribution in [-0.2, 0) is 6.42 Å². The van der Waals surface area contributed by atoms with E-state index in [1.807, 2.05) is 18.2 Å². The van der Waals surface area contributed by atoms with Crippen molar-refractivity contribution in [2.45, 2.75) is 6.42 Å². The van der Waals surface area contributed by atoms with E-state index in [1.165, 1.54) is 20.4 Å². The summed E-state index contributed by atoms with van der Waals surface area (Å²) in [5.74, 6) is 0.968. The van der Waals surface area contributed by atoms with E-state index >= 15 is 0 Å². The van der Waals surface area contributed by atoms with Crippen molar-refractivity contribution in [3.05, 3.63) is 41.7 Å². The zero-order chi connectivity index (χ0) is 15.2. The van der Waals surface area contributed by atoms with E-state index < -0.39 is 0 Å². The highest BCUT2D eigenvalue weighted by Crippen LogP contribution is 2.20. The molecular formula is C15H16N2O4. The number of methoxy groups -OCH3 is 3. The summed E-state index contributed by atoms with van der Waals surface area (Å²) >= 11 is 0. The largest absolute Gasteiger partial charge is 0.497 e. The van der Waals surface area contributed by atoms with Crippen molar-refractivity contribution in [3.63, 3.8) is 0 Å². The molecule has 110 valence electrons. The van der Waals surface area contributed by atoms with Crippen molar-refractivity contribution < 1.29 is 19.0 Å². The highest BCUT2D eigenvalue weighted by molar-refractivity contribution is 5.97. The zero-order valence-electron chi connectivity index (χ0n) is 12.1. The third-order valence-electron chi connectivity index (χ3n) is 2.88. The van der Waals surface area contributed by atoms with Crippen LogP contribution >= 0.6 is 0 Å². The van der Waals surface area contributed by atoms with Gasteiger partial charge in [0.05, 0.1) is 27.5 Å².